The van der Waals surface area contributed by atoms with Crippen molar-refractivity contribution in [2.45, 2.75) is 0 Å². The normalized spacial score (nSPS) is 10.5. The summed E-state index contributed by atoms with van der Waals surface area (Å²) in [4.78, 5) is 22.7. The average molecular weight is 351 g/mol. The van der Waals surface area contributed by atoms with E-state index in [9.17, 15) is 10.1 Å². The number of halogens is 2. The highest BCUT2D eigenvalue weighted by molar-refractivity contribution is 6.35. The topological polar surface area (TPSA) is 98.8 Å². The largest absolute Gasteiger partial charge is 0.354 e. The van der Waals surface area contributed by atoms with Crippen LogP contribution in [0, 0.1) is 10.1 Å². The molecule has 0 radical (unpaired) electrons. The second-order valence-corrected chi connectivity index (χ2v) is 5.28. The first-order chi connectivity index (χ1) is 11.0. The van der Waals surface area contributed by atoms with Gasteiger partial charge in [0.2, 0.25) is 11.6 Å². The molecule has 0 aliphatic heterocycles. The molecule has 0 amide bonds. The van der Waals surface area contributed by atoms with Crippen LogP contribution in [0.5, 0.6) is 0 Å². The third-order valence-electron chi connectivity index (χ3n) is 2.86. The summed E-state index contributed by atoms with van der Waals surface area (Å²) >= 11 is 11.9. The molecule has 2 heterocycles. The number of nitrogens with zero attached hydrogens (tertiary/aromatic N) is 5. The lowest BCUT2D eigenvalue weighted by molar-refractivity contribution is -0.384. The summed E-state index contributed by atoms with van der Waals surface area (Å²) in [6.07, 6.45) is 5.68. The molecule has 0 bridgehead atoms. The molecule has 10 heteroatoms. The van der Waals surface area contributed by atoms with E-state index in [4.69, 9.17) is 23.2 Å². The minimum atomic E-state index is -0.566. The molecule has 0 spiro atoms. The number of rotatable bonds is 4. The van der Waals surface area contributed by atoms with E-state index in [1.165, 1.54) is 23.4 Å². The molecule has 1 aromatic carbocycles. The second-order valence-electron chi connectivity index (χ2n) is 4.40. The smallest absolute Gasteiger partial charge is 0.334 e. The Morgan fingerprint density at radius 1 is 1.17 bits per heavy atom. The summed E-state index contributed by atoms with van der Waals surface area (Å²) in [5.41, 5.74) is 0.183. The summed E-state index contributed by atoms with van der Waals surface area (Å²) < 4.78 is 1.43. The Labute approximate surface area is 139 Å². The van der Waals surface area contributed by atoms with Crippen LogP contribution in [0.15, 0.2) is 43.2 Å². The maximum Gasteiger partial charge on any atom is 0.354 e. The highest BCUT2D eigenvalue weighted by atomic mass is 35.5. The molecule has 8 nitrogen and oxygen atoms in total. The quantitative estimate of drug-likeness (QED) is 0.569. The fourth-order valence-corrected chi connectivity index (χ4v) is 2.49. The van der Waals surface area contributed by atoms with Crippen molar-refractivity contribution in [1.82, 2.24) is 19.5 Å². The number of nitro groups is 1. The maximum atomic E-state index is 11.5. The zero-order valence-corrected chi connectivity index (χ0v) is 12.9. The van der Waals surface area contributed by atoms with Gasteiger partial charge in [0.05, 0.1) is 4.92 Å². The van der Waals surface area contributed by atoms with Crippen LogP contribution in [-0.2, 0) is 0 Å². The predicted octanol–water partition coefficient (Wildman–Crippen LogP) is 3.62. The predicted molar refractivity (Wildman–Crippen MR) is 85.6 cm³/mol. The third kappa shape index (κ3) is 3.22. The van der Waals surface area contributed by atoms with Crippen LogP contribution in [0.1, 0.15) is 0 Å². The standard InChI is InChI=1S/C13H8Cl2N6O2/c14-8-3-9(15)5-10(4-8)19-12-11(21(22)23)13(18-6-17-12)20-2-1-16-7-20/h1-7H,(H,17,18,19). The van der Waals surface area contributed by atoms with Crippen molar-refractivity contribution in [3.63, 3.8) is 0 Å². The van der Waals surface area contributed by atoms with Gasteiger partial charge in [-0.25, -0.2) is 15.0 Å². The van der Waals surface area contributed by atoms with Gasteiger partial charge in [0.25, 0.3) is 0 Å². The van der Waals surface area contributed by atoms with Crippen LogP contribution in [0.3, 0.4) is 0 Å². The molecule has 0 saturated carbocycles. The number of hydrogen-bond donors (Lipinski definition) is 1. The number of anilines is 2. The van der Waals surface area contributed by atoms with Crippen molar-refractivity contribution >= 4 is 40.4 Å². The molecule has 116 valence electrons. The molecule has 23 heavy (non-hydrogen) atoms. The highest BCUT2D eigenvalue weighted by Crippen LogP contribution is 2.31. The summed E-state index contributed by atoms with van der Waals surface area (Å²) in [5.74, 6) is 0.116. The third-order valence-corrected chi connectivity index (χ3v) is 3.30. The van der Waals surface area contributed by atoms with Crippen molar-refractivity contribution in [2.24, 2.45) is 0 Å². The summed E-state index contributed by atoms with van der Waals surface area (Å²) in [6.45, 7) is 0. The van der Waals surface area contributed by atoms with E-state index in [0.717, 1.165) is 0 Å². The van der Waals surface area contributed by atoms with Crippen LogP contribution in [0.4, 0.5) is 17.2 Å². The number of hydrogen-bond acceptors (Lipinski definition) is 6. The van der Waals surface area contributed by atoms with E-state index >= 15 is 0 Å². The van der Waals surface area contributed by atoms with Gasteiger partial charge in [-0.05, 0) is 18.2 Å². The summed E-state index contributed by atoms with van der Waals surface area (Å²) in [7, 11) is 0. The summed E-state index contributed by atoms with van der Waals surface area (Å²) in [5, 5.41) is 15.1. The number of nitrogens with one attached hydrogen (secondary N) is 1. The van der Waals surface area contributed by atoms with E-state index in [2.05, 4.69) is 20.3 Å². The monoisotopic (exact) mass is 350 g/mol. The Balaban J connectivity index is 2.09. The van der Waals surface area contributed by atoms with Gasteiger partial charge in [-0.3, -0.25) is 14.7 Å². The van der Waals surface area contributed by atoms with Crippen LogP contribution in [-0.4, -0.2) is 24.4 Å². The first kappa shape index (κ1) is 15.2. The van der Waals surface area contributed by atoms with Crippen LogP contribution in [0.25, 0.3) is 5.82 Å². The Morgan fingerprint density at radius 2 is 1.91 bits per heavy atom. The van der Waals surface area contributed by atoms with E-state index in [1.807, 2.05) is 0 Å². The average Bonchev–Trinajstić information content (AvgIpc) is 2.99. The molecule has 0 atom stereocenters. The van der Waals surface area contributed by atoms with E-state index < -0.39 is 4.92 Å². The molecule has 0 aliphatic carbocycles. The molecular weight excluding hydrogens is 343 g/mol. The second kappa shape index (κ2) is 6.19. The lowest BCUT2D eigenvalue weighted by atomic mass is 10.3. The zero-order chi connectivity index (χ0) is 16.4. The van der Waals surface area contributed by atoms with Crippen molar-refractivity contribution < 1.29 is 4.92 Å². The van der Waals surface area contributed by atoms with Crippen LogP contribution in [0.2, 0.25) is 10.0 Å². The fraction of sp³-hybridized carbons (Fsp3) is 0. The van der Waals surface area contributed by atoms with Crippen LogP contribution >= 0.6 is 23.2 Å². The van der Waals surface area contributed by atoms with Gasteiger partial charge < -0.3 is 5.32 Å². The van der Waals surface area contributed by atoms with E-state index in [-0.39, 0.29) is 17.3 Å². The molecule has 3 aromatic rings. The Kier molecular flexibility index (Phi) is 4.09. The molecule has 0 aliphatic rings. The van der Waals surface area contributed by atoms with Gasteiger partial charge in [-0.15, -0.1) is 0 Å². The van der Waals surface area contributed by atoms with Gasteiger partial charge in [-0.1, -0.05) is 23.2 Å². The molecular formula is C13H8Cl2N6O2. The molecule has 2 aromatic heterocycles. The molecule has 1 N–H and O–H groups in total. The molecule has 0 fully saturated rings. The van der Waals surface area contributed by atoms with Crippen molar-refractivity contribution in [2.75, 3.05) is 5.32 Å². The van der Waals surface area contributed by atoms with Gasteiger partial charge in [-0.2, -0.15) is 0 Å². The number of aromatic nitrogens is 4. The van der Waals surface area contributed by atoms with Crippen molar-refractivity contribution in [1.29, 1.82) is 0 Å². The Hall–Kier alpha value is -2.71. The Morgan fingerprint density at radius 3 is 2.52 bits per heavy atom. The maximum absolute atomic E-state index is 11.5. The van der Waals surface area contributed by atoms with Crippen molar-refractivity contribution in [3.05, 3.63) is 63.4 Å². The lowest BCUT2D eigenvalue weighted by Crippen LogP contribution is -2.06. The van der Waals surface area contributed by atoms with Gasteiger partial charge >= 0.3 is 5.69 Å². The van der Waals surface area contributed by atoms with Gasteiger partial charge in [0.1, 0.15) is 12.7 Å². The number of benzene rings is 1. The van der Waals surface area contributed by atoms with Crippen molar-refractivity contribution in [3.8, 4) is 5.82 Å². The SMILES string of the molecule is O=[N+]([O-])c1c(Nc2cc(Cl)cc(Cl)c2)ncnc1-n1ccnc1. The molecule has 0 unspecified atom stereocenters. The minimum absolute atomic E-state index is 0.0204. The molecule has 3 rings (SSSR count). The molecule has 0 saturated heterocycles. The minimum Gasteiger partial charge on any atom is -0.334 e. The van der Waals surface area contributed by atoms with Gasteiger partial charge in [0, 0.05) is 28.1 Å². The first-order valence-corrected chi connectivity index (χ1v) is 7.01. The lowest BCUT2D eigenvalue weighted by Gasteiger charge is -2.09. The van der Waals surface area contributed by atoms with Gasteiger partial charge in [0.15, 0.2) is 0 Å². The van der Waals surface area contributed by atoms with E-state index in [0.29, 0.717) is 15.7 Å². The Bertz CT molecular complexity index is 849. The fourth-order valence-electron chi connectivity index (χ4n) is 1.97. The van der Waals surface area contributed by atoms with Crippen LogP contribution < -0.4 is 5.32 Å². The first-order valence-electron chi connectivity index (χ1n) is 6.25. The zero-order valence-electron chi connectivity index (χ0n) is 11.3. The summed E-state index contributed by atoms with van der Waals surface area (Å²) in [6, 6.07) is 4.71. The highest BCUT2D eigenvalue weighted by Gasteiger charge is 2.24. The van der Waals surface area contributed by atoms with E-state index in [1.54, 1.807) is 24.4 Å². The number of imidazole rings is 1.